The summed E-state index contributed by atoms with van der Waals surface area (Å²) in [7, 11) is 0. The molecule has 0 fully saturated rings. The third kappa shape index (κ3) is 3.33. The van der Waals surface area contributed by atoms with E-state index in [1.165, 1.54) is 17.0 Å². The number of hydrogen-bond donors (Lipinski definition) is 2. The molecule has 1 heterocycles. The second-order valence-electron chi connectivity index (χ2n) is 6.96. The molecule has 0 saturated carbocycles. The van der Waals surface area contributed by atoms with Crippen molar-refractivity contribution in [3.8, 4) is 5.75 Å². The van der Waals surface area contributed by atoms with Gasteiger partial charge in [-0.3, -0.25) is 14.5 Å². The molecular formula is C22H23NO4. The van der Waals surface area contributed by atoms with Gasteiger partial charge in [0.15, 0.2) is 11.5 Å². The fourth-order valence-electron chi connectivity index (χ4n) is 3.38. The minimum Gasteiger partial charge on any atom is -0.508 e. The quantitative estimate of drug-likeness (QED) is 0.823. The van der Waals surface area contributed by atoms with Crippen LogP contribution in [0.25, 0.3) is 0 Å². The Bertz CT molecular complexity index is 912. The number of nitrogens with zero attached hydrogens (tertiary/aromatic N) is 1. The van der Waals surface area contributed by atoms with Gasteiger partial charge in [-0.05, 0) is 41.3 Å². The van der Waals surface area contributed by atoms with Gasteiger partial charge in [0.1, 0.15) is 5.75 Å². The van der Waals surface area contributed by atoms with E-state index in [0.717, 1.165) is 5.56 Å². The number of benzene rings is 2. The number of phenols is 1. The smallest absolute Gasteiger partial charge is 0.294 e. The summed E-state index contributed by atoms with van der Waals surface area (Å²) in [5.74, 6) is -1.06. The van der Waals surface area contributed by atoms with Gasteiger partial charge in [-0.2, -0.15) is 0 Å². The standard InChI is InChI=1S/C22H23NO4/c1-4-18(25)19-20(15-6-5-7-17(24)12-15)23(22(27)21(19)26)16-10-8-14(9-11-16)13(2)3/h5-13,20,24,26H,4H2,1-3H3. The summed E-state index contributed by atoms with van der Waals surface area (Å²) in [5.41, 5.74) is 2.35. The Morgan fingerprint density at radius 2 is 1.78 bits per heavy atom. The number of aliphatic hydroxyl groups is 1. The first-order valence-corrected chi connectivity index (χ1v) is 9.03. The molecule has 1 unspecified atom stereocenters. The number of hydrogen-bond acceptors (Lipinski definition) is 4. The predicted molar refractivity (Wildman–Crippen MR) is 104 cm³/mol. The van der Waals surface area contributed by atoms with E-state index in [9.17, 15) is 19.8 Å². The van der Waals surface area contributed by atoms with Crippen LogP contribution in [0.2, 0.25) is 0 Å². The zero-order valence-corrected chi connectivity index (χ0v) is 15.6. The maximum atomic E-state index is 12.8. The summed E-state index contributed by atoms with van der Waals surface area (Å²) < 4.78 is 0. The summed E-state index contributed by atoms with van der Waals surface area (Å²) in [6.07, 6.45) is 0.169. The molecule has 0 spiro atoms. The number of carbonyl (C=O) groups excluding carboxylic acids is 2. The first-order valence-electron chi connectivity index (χ1n) is 9.03. The van der Waals surface area contributed by atoms with Crippen LogP contribution < -0.4 is 4.90 Å². The Balaban J connectivity index is 2.14. The maximum absolute atomic E-state index is 12.8. The van der Waals surface area contributed by atoms with E-state index >= 15 is 0 Å². The topological polar surface area (TPSA) is 77.8 Å². The molecule has 2 aromatic carbocycles. The third-order valence-corrected chi connectivity index (χ3v) is 4.85. The van der Waals surface area contributed by atoms with Crippen LogP contribution in [0.15, 0.2) is 59.9 Å². The van der Waals surface area contributed by atoms with Crippen LogP contribution in [0.4, 0.5) is 5.69 Å². The van der Waals surface area contributed by atoms with Crippen LogP contribution in [0.1, 0.15) is 50.3 Å². The largest absolute Gasteiger partial charge is 0.508 e. The fourth-order valence-corrected chi connectivity index (χ4v) is 3.38. The normalized spacial score (nSPS) is 17.1. The Kier molecular flexibility index (Phi) is 5.04. The van der Waals surface area contributed by atoms with Crippen molar-refractivity contribution in [2.75, 3.05) is 4.90 Å². The van der Waals surface area contributed by atoms with E-state index in [0.29, 0.717) is 17.2 Å². The number of Topliss-reactive ketones (excluding diaryl/α,β-unsaturated/α-hetero) is 1. The van der Waals surface area contributed by atoms with Gasteiger partial charge in [-0.1, -0.05) is 45.0 Å². The highest BCUT2D eigenvalue weighted by molar-refractivity contribution is 6.16. The highest BCUT2D eigenvalue weighted by Crippen LogP contribution is 2.42. The number of amides is 1. The first-order chi connectivity index (χ1) is 12.8. The van der Waals surface area contributed by atoms with E-state index in [2.05, 4.69) is 13.8 Å². The molecule has 1 aliphatic heterocycles. The van der Waals surface area contributed by atoms with Crippen molar-refractivity contribution in [2.45, 2.75) is 39.2 Å². The van der Waals surface area contributed by atoms with Crippen molar-refractivity contribution in [1.82, 2.24) is 0 Å². The number of aliphatic hydroxyl groups excluding tert-OH is 1. The van der Waals surface area contributed by atoms with Gasteiger partial charge in [-0.25, -0.2) is 0 Å². The number of aromatic hydroxyl groups is 1. The average molecular weight is 365 g/mol. The lowest BCUT2D eigenvalue weighted by atomic mass is 9.94. The molecule has 140 valence electrons. The molecule has 2 N–H and O–H groups in total. The molecule has 1 atom stereocenters. The highest BCUT2D eigenvalue weighted by atomic mass is 16.3. The van der Waals surface area contributed by atoms with Crippen molar-refractivity contribution in [3.63, 3.8) is 0 Å². The van der Waals surface area contributed by atoms with E-state index in [1.54, 1.807) is 19.1 Å². The molecule has 5 nitrogen and oxygen atoms in total. The lowest BCUT2D eigenvalue weighted by molar-refractivity contribution is -0.118. The number of anilines is 1. The van der Waals surface area contributed by atoms with Crippen molar-refractivity contribution in [2.24, 2.45) is 0 Å². The Morgan fingerprint density at radius 1 is 1.11 bits per heavy atom. The molecule has 2 aromatic rings. The van der Waals surface area contributed by atoms with Crippen LogP contribution in [0.5, 0.6) is 5.75 Å². The molecule has 1 aliphatic rings. The lowest BCUT2D eigenvalue weighted by Gasteiger charge is -2.27. The fraction of sp³-hybridized carbons (Fsp3) is 0.273. The summed E-state index contributed by atoms with van der Waals surface area (Å²) >= 11 is 0. The second-order valence-corrected chi connectivity index (χ2v) is 6.96. The van der Waals surface area contributed by atoms with Crippen molar-refractivity contribution >= 4 is 17.4 Å². The minimum atomic E-state index is -0.776. The highest BCUT2D eigenvalue weighted by Gasteiger charge is 2.43. The number of carbonyl (C=O) groups is 2. The number of phenolic OH excluding ortho intramolecular Hbond substituents is 1. The van der Waals surface area contributed by atoms with Crippen LogP contribution in [0.3, 0.4) is 0 Å². The minimum absolute atomic E-state index is 0.0322. The van der Waals surface area contributed by atoms with Gasteiger partial charge in [0.05, 0.1) is 11.6 Å². The first kappa shape index (κ1) is 18.7. The predicted octanol–water partition coefficient (Wildman–Crippen LogP) is 4.39. The zero-order valence-electron chi connectivity index (χ0n) is 15.6. The molecule has 0 aromatic heterocycles. The van der Waals surface area contributed by atoms with E-state index in [-0.39, 0.29) is 23.5 Å². The second kappa shape index (κ2) is 7.27. The maximum Gasteiger partial charge on any atom is 0.294 e. The molecular weight excluding hydrogens is 342 g/mol. The van der Waals surface area contributed by atoms with Gasteiger partial charge in [0.25, 0.3) is 5.91 Å². The molecule has 1 amide bonds. The van der Waals surface area contributed by atoms with E-state index < -0.39 is 17.7 Å². The lowest BCUT2D eigenvalue weighted by Crippen LogP contribution is -2.31. The van der Waals surface area contributed by atoms with Gasteiger partial charge >= 0.3 is 0 Å². The number of ketones is 1. The van der Waals surface area contributed by atoms with Crippen LogP contribution in [-0.4, -0.2) is 21.9 Å². The zero-order chi connectivity index (χ0) is 19.7. The molecule has 27 heavy (non-hydrogen) atoms. The summed E-state index contributed by atoms with van der Waals surface area (Å²) in [4.78, 5) is 26.7. The Hall–Kier alpha value is -3.08. The molecule has 0 bridgehead atoms. The van der Waals surface area contributed by atoms with Crippen LogP contribution in [0, 0.1) is 0 Å². The monoisotopic (exact) mass is 365 g/mol. The third-order valence-electron chi connectivity index (χ3n) is 4.85. The van der Waals surface area contributed by atoms with Crippen LogP contribution >= 0.6 is 0 Å². The van der Waals surface area contributed by atoms with E-state index in [1.807, 2.05) is 24.3 Å². The molecule has 0 aliphatic carbocycles. The van der Waals surface area contributed by atoms with Crippen molar-refractivity contribution in [1.29, 1.82) is 0 Å². The molecule has 3 rings (SSSR count). The number of rotatable bonds is 5. The van der Waals surface area contributed by atoms with Crippen molar-refractivity contribution < 1.29 is 19.8 Å². The Morgan fingerprint density at radius 3 is 2.33 bits per heavy atom. The van der Waals surface area contributed by atoms with Gasteiger partial charge < -0.3 is 10.2 Å². The molecule has 5 heteroatoms. The average Bonchev–Trinajstić information content (AvgIpc) is 2.92. The summed E-state index contributed by atoms with van der Waals surface area (Å²) in [5, 5.41) is 20.3. The summed E-state index contributed by atoms with van der Waals surface area (Å²) in [6.45, 7) is 5.85. The Labute approximate surface area is 158 Å². The molecule has 0 saturated heterocycles. The van der Waals surface area contributed by atoms with Gasteiger partial charge in [0.2, 0.25) is 0 Å². The van der Waals surface area contributed by atoms with Crippen molar-refractivity contribution in [3.05, 3.63) is 71.0 Å². The molecule has 0 radical (unpaired) electrons. The van der Waals surface area contributed by atoms with E-state index in [4.69, 9.17) is 0 Å². The van der Waals surface area contributed by atoms with Crippen LogP contribution in [-0.2, 0) is 9.59 Å². The van der Waals surface area contributed by atoms with Gasteiger partial charge in [0, 0.05) is 12.1 Å². The SMILES string of the molecule is CCC(=O)C1=C(O)C(=O)N(c2ccc(C(C)C)cc2)C1c1cccc(O)c1. The van der Waals surface area contributed by atoms with Gasteiger partial charge in [-0.15, -0.1) is 0 Å². The summed E-state index contributed by atoms with van der Waals surface area (Å²) in [6, 6.07) is 13.1.